The van der Waals surface area contributed by atoms with Gasteiger partial charge in [-0.05, 0) is 118 Å². The van der Waals surface area contributed by atoms with Gasteiger partial charge in [-0.25, -0.2) is 14.8 Å². The lowest BCUT2D eigenvalue weighted by Crippen LogP contribution is -2.60. The maximum Gasteiger partial charge on any atom is 0.329 e. The molecule has 334 valence electrons. The van der Waals surface area contributed by atoms with Gasteiger partial charge in [-0.1, -0.05) is 37.6 Å². The molecular weight excluding hydrogens is 830 g/mol. The number of ether oxygens (including phenoxy) is 2. The lowest BCUT2D eigenvalue weighted by Gasteiger charge is -2.55. The Labute approximate surface area is 378 Å². The number of hydrogen-bond acceptors (Lipinski definition) is 11. The summed E-state index contributed by atoms with van der Waals surface area (Å²) in [5.74, 6) is 1.86. The molecule has 1 spiro atoms. The van der Waals surface area contributed by atoms with Crippen molar-refractivity contribution in [3.8, 4) is 17.6 Å². The number of piperidine rings is 3. The van der Waals surface area contributed by atoms with Gasteiger partial charge in [0.25, 0.3) is 0 Å². The van der Waals surface area contributed by atoms with Crippen molar-refractivity contribution < 1.29 is 19.1 Å². The normalized spacial score (nSPS) is 19.4. The molecule has 0 aliphatic carbocycles. The first kappa shape index (κ1) is 43.3. The molecular formula is C49H56ClN9O5. The number of rotatable bonds is 12. The molecule has 5 aromatic rings. The van der Waals surface area contributed by atoms with Crippen LogP contribution in [0.4, 0.5) is 11.6 Å². The van der Waals surface area contributed by atoms with E-state index in [9.17, 15) is 19.6 Å². The fourth-order valence-corrected chi connectivity index (χ4v) is 10.4. The molecule has 0 bridgehead atoms. The zero-order valence-corrected chi connectivity index (χ0v) is 37.9. The van der Waals surface area contributed by atoms with E-state index in [1.54, 1.807) is 16.2 Å². The number of aromatic nitrogens is 4. The number of nitrogens with one attached hydrogen (secondary N) is 1. The van der Waals surface area contributed by atoms with E-state index >= 15 is 0 Å². The van der Waals surface area contributed by atoms with Gasteiger partial charge in [-0.3, -0.25) is 24.0 Å². The minimum atomic E-state index is -0.681. The summed E-state index contributed by atoms with van der Waals surface area (Å²) in [6, 6.07) is 21.3. The number of imidazole rings is 1. The van der Waals surface area contributed by atoms with Crippen molar-refractivity contribution in [2.75, 3.05) is 62.2 Å². The number of hydrogen-bond donors (Lipinski definition) is 1. The summed E-state index contributed by atoms with van der Waals surface area (Å²) >= 11 is 6.55. The van der Waals surface area contributed by atoms with Gasteiger partial charge in [0, 0.05) is 68.9 Å². The number of amides is 2. The first-order valence-corrected chi connectivity index (χ1v) is 22.9. The fraction of sp³-hybridized carbons (Fsp3) is 0.469. The third-order valence-corrected chi connectivity index (χ3v) is 14.5. The summed E-state index contributed by atoms with van der Waals surface area (Å²) in [6.45, 7) is 14.1. The Kier molecular flexibility index (Phi) is 11.9. The lowest BCUT2D eigenvalue weighted by atomic mass is 9.71. The quantitative estimate of drug-likeness (QED) is 0.133. The van der Waals surface area contributed by atoms with Crippen LogP contribution in [-0.4, -0.2) is 88.2 Å². The van der Waals surface area contributed by atoms with Gasteiger partial charge in [-0.2, -0.15) is 5.26 Å². The van der Waals surface area contributed by atoms with Crippen LogP contribution in [-0.2, 0) is 28.7 Å². The van der Waals surface area contributed by atoms with Crippen molar-refractivity contribution in [3.63, 3.8) is 0 Å². The number of anilines is 2. The molecule has 2 amide bonds. The monoisotopic (exact) mass is 885 g/mol. The van der Waals surface area contributed by atoms with Gasteiger partial charge in [0.2, 0.25) is 17.8 Å². The van der Waals surface area contributed by atoms with Crippen LogP contribution in [0.15, 0.2) is 71.7 Å². The van der Waals surface area contributed by atoms with Gasteiger partial charge in [0.1, 0.15) is 24.5 Å². The molecule has 15 heteroatoms. The van der Waals surface area contributed by atoms with Crippen LogP contribution in [0.25, 0.3) is 11.0 Å². The predicted molar refractivity (Wildman–Crippen MR) is 246 cm³/mol. The van der Waals surface area contributed by atoms with Crippen molar-refractivity contribution in [2.24, 2.45) is 18.4 Å². The zero-order valence-electron chi connectivity index (χ0n) is 37.1. The summed E-state index contributed by atoms with van der Waals surface area (Å²) in [4.78, 5) is 54.5. The molecule has 4 saturated heterocycles. The number of halogens is 1. The topological polar surface area (TPSA) is 151 Å². The third kappa shape index (κ3) is 8.43. The number of aryl methyl sites for hydroxylation is 1. The molecule has 2 aromatic heterocycles. The number of nitriles is 1. The van der Waals surface area contributed by atoms with Crippen LogP contribution in [0.3, 0.4) is 0 Å². The largest absolute Gasteiger partial charge is 0.491 e. The molecule has 9 rings (SSSR count). The number of carbonyl (C=O) groups excluding carboxylic acids is 2. The number of fused-ring (bicyclic) bond motifs is 1. The first-order valence-electron chi connectivity index (χ1n) is 22.5. The molecule has 6 heterocycles. The van der Waals surface area contributed by atoms with E-state index < -0.39 is 17.4 Å². The Bertz CT molecular complexity index is 2660. The minimum absolute atomic E-state index is 0.226. The summed E-state index contributed by atoms with van der Waals surface area (Å²) in [6.07, 6.45) is 6.96. The fourth-order valence-electron chi connectivity index (χ4n) is 10.2. The highest BCUT2D eigenvalue weighted by Crippen LogP contribution is 2.44. The summed E-state index contributed by atoms with van der Waals surface area (Å²) < 4.78 is 15.0. The predicted octanol–water partition coefficient (Wildman–Crippen LogP) is 6.76. The average Bonchev–Trinajstić information content (AvgIpc) is 3.53. The Morgan fingerprint density at radius 1 is 0.906 bits per heavy atom. The van der Waals surface area contributed by atoms with E-state index in [1.165, 1.54) is 12.8 Å². The van der Waals surface area contributed by atoms with Gasteiger partial charge in [0.05, 0.1) is 33.9 Å². The number of carbonyl (C=O) groups is 2. The van der Waals surface area contributed by atoms with E-state index in [-0.39, 0.29) is 18.0 Å². The van der Waals surface area contributed by atoms with Gasteiger partial charge in [0.15, 0.2) is 5.75 Å². The Balaban J connectivity index is 0.728. The Hall–Kier alpha value is -5.91. The third-order valence-electron chi connectivity index (χ3n) is 14.2. The van der Waals surface area contributed by atoms with E-state index in [0.29, 0.717) is 47.3 Å². The standard InChI is InChI=1S/C49H56ClN9O5/c1-5-63-44-33(27-51)24-35(25-39(44)50)48(2,3)34-6-9-38(10-7-34)64-29-36-14-19-52-46(53-36)57-20-15-32(16-21-57)28-56-22-17-49(18-23-56)30-58(31-49)37-8-11-40-42(26-37)55(4)47(62)59(40)41-12-13-43(60)54-45(41)61/h6-11,14,19,24-26,32,41H,5,12-13,15-18,20-23,28-31H2,1-4H3,(H,54,60,61). The zero-order chi connectivity index (χ0) is 44.8. The van der Waals surface area contributed by atoms with Crippen molar-refractivity contribution in [2.45, 2.75) is 77.4 Å². The highest BCUT2D eigenvalue weighted by molar-refractivity contribution is 6.32. The second-order valence-corrected chi connectivity index (χ2v) is 19.0. The van der Waals surface area contributed by atoms with Crippen LogP contribution in [0, 0.1) is 22.7 Å². The molecule has 4 aliphatic heterocycles. The Morgan fingerprint density at radius 3 is 2.36 bits per heavy atom. The van der Waals surface area contributed by atoms with Crippen LogP contribution < -0.4 is 30.3 Å². The molecule has 0 saturated carbocycles. The van der Waals surface area contributed by atoms with Crippen LogP contribution in [0.2, 0.25) is 5.02 Å². The number of benzene rings is 3. The lowest BCUT2D eigenvalue weighted by molar-refractivity contribution is -0.135. The van der Waals surface area contributed by atoms with Crippen molar-refractivity contribution in [1.82, 2.24) is 29.3 Å². The highest BCUT2D eigenvalue weighted by Gasteiger charge is 2.45. The molecule has 3 aromatic carbocycles. The smallest absolute Gasteiger partial charge is 0.329 e. The molecule has 4 fully saturated rings. The molecule has 0 radical (unpaired) electrons. The molecule has 1 unspecified atom stereocenters. The van der Waals surface area contributed by atoms with Crippen molar-refractivity contribution >= 4 is 46.1 Å². The van der Waals surface area contributed by atoms with Crippen molar-refractivity contribution in [1.29, 1.82) is 5.26 Å². The van der Waals surface area contributed by atoms with Crippen LogP contribution >= 0.6 is 11.6 Å². The molecule has 64 heavy (non-hydrogen) atoms. The van der Waals surface area contributed by atoms with E-state index in [0.717, 1.165) is 104 Å². The van der Waals surface area contributed by atoms with Gasteiger partial charge in [-0.15, -0.1) is 0 Å². The van der Waals surface area contributed by atoms with Gasteiger partial charge < -0.3 is 24.2 Å². The first-order chi connectivity index (χ1) is 30.8. The molecule has 4 aliphatic rings. The van der Waals surface area contributed by atoms with Crippen molar-refractivity contribution in [3.05, 3.63) is 105 Å². The summed E-state index contributed by atoms with van der Waals surface area (Å²) in [7, 11) is 1.75. The number of imide groups is 1. The van der Waals surface area contributed by atoms with E-state index in [2.05, 4.69) is 57.0 Å². The SMILES string of the molecule is CCOc1c(Cl)cc(C(C)(C)c2ccc(OCc3ccnc(N4CCC(CN5CCC6(CC5)CN(c5ccc7c(c5)n(C)c(=O)n7C5CCC(=O)NC5=O)C6)CC4)n3)cc2)cc1C#N. The maximum absolute atomic E-state index is 13.3. The second kappa shape index (κ2) is 17.6. The van der Waals surface area contributed by atoms with Crippen LogP contribution in [0.5, 0.6) is 11.5 Å². The summed E-state index contributed by atoms with van der Waals surface area (Å²) in [5, 5.41) is 12.6. The maximum atomic E-state index is 13.3. The molecule has 1 N–H and O–H groups in total. The average molecular weight is 886 g/mol. The second-order valence-electron chi connectivity index (χ2n) is 18.6. The van der Waals surface area contributed by atoms with E-state index in [1.807, 2.05) is 61.7 Å². The Morgan fingerprint density at radius 2 is 1.66 bits per heavy atom. The molecule has 1 atom stereocenters. The van der Waals surface area contributed by atoms with Crippen LogP contribution in [0.1, 0.15) is 87.7 Å². The molecule has 14 nitrogen and oxygen atoms in total. The number of likely N-dealkylation sites (tertiary alicyclic amines) is 1. The van der Waals surface area contributed by atoms with E-state index in [4.69, 9.17) is 26.1 Å². The number of nitrogens with zero attached hydrogens (tertiary/aromatic N) is 8. The summed E-state index contributed by atoms with van der Waals surface area (Å²) in [5.41, 5.74) is 5.54. The highest BCUT2D eigenvalue weighted by atomic mass is 35.5. The van der Waals surface area contributed by atoms with Gasteiger partial charge >= 0.3 is 5.69 Å². The minimum Gasteiger partial charge on any atom is -0.491 e.